The molecule has 0 amide bonds. The highest BCUT2D eigenvalue weighted by Gasteiger charge is 2.26. The van der Waals surface area contributed by atoms with Crippen LogP contribution in [0.5, 0.6) is 0 Å². The molecule has 1 heterocycles. The van der Waals surface area contributed by atoms with E-state index in [1.165, 1.54) is 10.7 Å². The van der Waals surface area contributed by atoms with E-state index in [4.69, 9.17) is 0 Å². The van der Waals surface area contributed by atoms with Crippen molar-refractivity contribution < 1.29 is 9.72 Å². The van der Waals surface area contributed by atoms with E-state index >= 15 is 0 Å². The van der Waals surface area contributed by atoms with Crippen LogP contribution in [0.4, 0.5) is 5.69 Å². The van der Waals surface area contributed by atoms with E-state index in [0.717, 1.165) is 18.5 Å². The van der Waals surface area contributed by atoms with Gasteiger partial charge in [-0.3, -0.25) is 14.9 Å². The third kappa shape index (κ3) is 2.12. The number of rotatable bonds is 4. The Morgan fingerprint density at radius 2 is 2.16 bits per heavy atom. The molecule has 0 N–H and O–H groups in total. The molecule has 0 saturated heterocycles. The largest absolute Gasteiger partial charge is 0.298 e. The van der Waals surface area contributed by atoms with E-state index in [9.17, 15) is 14.9 Å². The van der Waals surface area contributed by atoms with Crippen LogP contribution in [-0.4, -0.2) is 21.0 Å². The van der Waals surface area contributed by atoms with Gasteiger partial charge in [-0.05, 0) is 31.0 Å². The van der Waals surface area contributed by atoms with Crippen molar-refractivity contribution in [1.29, 1.82) is 0 Å². The normalized spacial score (nSPS) is 14.3. The third-order valence-electron chi connectivity index (χ3n) is 3.18. The zero-order chi connectivity index (χ0) is 13.4. The van der Waals surface area contributed by atoms with Crippen molar-refractivity contribution >= 4 is 12.0 Å². The van der Waals surface area contributed by atoms with Crippen molar-refractivity contribution in [2.24, 2.45) is 0 Å². The first-order valence-corrected chi connectivity index (χ1v) is 5.98. The van der Waals surface area contributed by atoms with Crippen LogP contribution in [-0.2, 0) is 0 Å². The van der Waals surface area contributed by atoms with E-state index in [0.29, 0.717) is 17.9 Å². The Hall–Kier alpha value is -2.50. The van der Waals surface area contributed by atoms with Crippen molar-refractivity contribution in [3.8, 4) is 5.69 Å². The molecule has 1 aromatic heterocycles. The first-order valence-electron chi connectivity index (χ1n) is 5.98. The Labute approximate surface area is 108 Å². The maximum Gasteiger partial charge on any atom is 0.295 e. The van der Waals surface area contributed by atoms with Gasteiger partial charge in [0, 0.05) is 23.7 Å². The Morgan fingerprint density at radius 1 is 1.37 bits per heavy atom. The standard InChI is InChI=1S/C13H11N3O3/c17-8-9-1-4-12(13(7-9)16(18)19)15-6-5-11(14-15)10-2-3-10/h1,4-8,10H,2-3H2. The molecule has 6 heteroatoms. The number of aldehydes is 1. The lowest BCUT2D eigenvalue weighted by Gasteiger charge is -2.03. The van der Waals surface area contributed by atoms with Crippen molar-refractivity contribution in [3.05, 3.63) is 51.8 Å². The molecular formula is C13H11N3O3. The minimum Gasteiger partial charge on any atom is -0.298 e. The fraction of sp³-hybridized carbons (Fsp3) is 0.231. The second-order valence-electron chi connectivity index (χ2n) is 4.58. The molecule has 1 fully saturated rings. The minimum absolute atomic E-state index is 0.116. The van der Waals surface area contributed by atoms with Gasteiger partial charge < -0.3 is 0 Å². The zero-order valence-electron chi connectivity index (χ0n) is 10.0. The van der Waals surface area contributed by atoms with Crippen LogP contribution in [0, 0.1) is 10.1 Å². The zero-order valence-corrected chi connectivity index (χ0v) is 10.0. The predicted octanol–water partition coefficient (Wildman–Crippen LogP) is 2.47. The Bertz CT molecular complexity index is 659. The van der Waals surface area contributed by atoms with Gasteiger partial charge in [0.1, 0.15) is 12.0 Å². The third-order valence-corrected chi connectivity index (χ3v) is 3.18. The van der Waals surface area contributed by atoms with E-state index in [2.05, 4.69) is 5.10 Å². The summed E-state index contributed by atoms with van der Waals surface area (Å²) in [7, 11) is 0. The lowest BCUT2D eigenvalue weighted by Crippen LogP contribution is -2.02. The fourth-order valence-electron chi connectivity index (χ4n) is 2.02. The van der Waals surface area contributed by atoms with Crippen LogP contribution in [0.1, 0.15) is 34.8 Å². The molecule has 1 saturated carbocycles. The van der Waals surface area contributed by atoms with Crippen LogP contribution in [0.15, 0.2) is 30.5 Å². The average molecular weight is 257 g/mol. The van der Waals surface area contributed by atoms with E-state index < -0.39 is 4.92 Å². The monoisotopic (exact) mass is 257 g/mol. The average Bonchev–Trinajstić information content (AvgIpc) is 3.16. The highest BCUT2D eigenvalue weighted by molar-refractivity contribution is 5.77. The lowest BCUT2D eigenvalue weighted by atomic mass is 10.2. The number of nitro groups is 1. The number of carbonyl (C=O) groups excluding carboxylic acids is 1. The molecule has 2 aromatic rings. The molecule has 1 aliphatic carbocycles. The first kappa shape index (κ1) is 11.6. The van der Waals surface area contributed by atoms with Gasteiger partial charge in [0.15, 0.2) is 0 Å². The number of carbonyl (C=O) groups is 1. The topological polar surface area (TPSA) is 78.0 Å². The fourth-order valence-corrected chi connectivity index (χ4v) is 2.02. The highest BCUT2D eigenvalue weighted by atomic mass is 16.6. The van der Waals surface area contributed by atoms with Gasteiger partial charge >= 0.3 is 0 Å². The van der Waals surface area contributed by atoms with Gasteiger partial charge in [0.2, 0.25) is 0 Å². The molecule has 19 heavy (non-hydrogen) atoms. The van der Waals surface area contributed by atoms with E-state index in [1.54, 1.807) is 18.3 Å². The lowest BCUT2D eigenvalue weighted by molar-refractivity contribution is -0.384. The summed E-state index contributed by atoms with van der Waals surface area (Å²) in [6, 6.07) is 6.25. The van der Waals surface area contributed by atoms with Crippen LogP contribution >= 0.6 is 0 Å². The Kier molecular flexibility index (Phi) is 2.63. The smallest absolute Gasteiger partial charge is 0.295 e. The van der Waals surface area contributed by atoms with Gasteiger partial charge in [0.25, 0.3) is 5.69 Å². The molecule has 3 rings (SSSR count). The first-order chi connectivity index (χ1) is 9.19. The minimum atomic E-state index is -0.499. The van der Waals surface area contributed by atoms with Crippen molar-refractivity contribution in [2.45, 2.75) is 18.8 Å². The molecule has 1 aliphatic rings. The van der Waals surface area contributed by atoms with E-state index in [1.807, 2.05) is 6.07 Å². The maximum atomic E-state index is 11.1. The summed E-state index contributed by atoms with van der Waals surface area (Å²) in [4.78, 5) is 21.3. The molecule has 0 unspecified atom stereocenters. The summed E-state index contributed by atoms with van der Waals surface area (Å²) < 4.78 is 1.50. The molecule has 0 aliphatic heterocycles. The summed E-state index contributed by atoms with van der Waals surface area (Å²) in [6.07, 6.45) is 4.57. The number of hydrogen-bond donors (Lipinski definition) is 0. The quantitative estimate of drug-likeness (QED) is 0.479. The van der Waals surface area contributed by atoms with Crippen molar-refractivity contribution in [2.75, 3.05) is 0 Å². The van der Waals surface area contributed by atoms with Gasteiger partial charge in [-0.2, -0.15) is 5.10 Å². The molecule has 6 nitrogen and oxygen atoms in total. The van der Waals surface area contributed by atoms with Crippen molar-refractivity contribution in [1.82, 2.24) is 9.78 Å². The second kappa shape index (κ2) is 4.31. The van der Waals surface area contributed by atoms with Crippen LogP contribution in [0.2, 0.25) is 0 Å². The van der Waals surface area contributed by atoms with Gasteiger partial charge in [-0.25, -0.2) is 4.68 Å². The van der Waals surface area contributed by atoms with Crippen LogP contribution < -0.4 is 0 Å². The summed E-state index contributed by atoms with van der Waals surface area (Å²) >= 11 is 0. The summed E-state index contributed by atoms with van der Waals surface area (Å²) in [5.41, 5.74) is 1.51. The molecular weight excluding hydrogens is 246 g/mol. The summed E-state index contributed by atoms with van der Waals surface area (Å²) in [6.45, 7) is 0. The predicted molar refractivity (Wildman–Crippen MR) is 67.6 cm³/mol. The Morgan fingerprint density at radius 3 is 2.79 bits per heavy atom. The second-order valence-corrected chi connectivity index (χ2v) is 4.58. The molecule has 0 bridgehead atoms. The van der Waals surface area contributed by atoms with Crippen LogP contribution in [0.3, 0.4) is 0 Å². The van der Waals surface area contributed by atoms with Gasteiger partial charge in [0.05, 0.1) is 10.6 Å². The van der Waals surface area contributed by atoms with E-state index in [-0.39, 0.29) is 11.3 Å². The number of benzene rings is 1. The SMILES string of the molecule is O=Cc1ccc(-n2ccc(C3CC3)n2)c([N+](=O)[O-])c1. The number of aromatic nitrogens is 2. The summed E-state index contributed by atoms with van der Waals surface area (Å²) in [5.74, 6) is 0.495. The number of hydrogen-bond acceptors (Lipinski definition) is 4. The maximum absolute atomic E-state index is 11.1. The highest BCUT2D eigenvalue weighted by Crippen LogP contribution is 2.39. The number of nitrogens with zero attached hydrogens (tertiary/aromatic N) is 3. The molecule has 1 aromatic carbocycles. The molecule has 0 radical (unpaired) electrons. The molecule has 96 valence electrons. The number of nitro benzene ring substituents is 1. The van der Waals surface area contributed by atoms with Gasteiger partial charge in [-0.15, -0.1) is 0 Å². The molecule has 0 atom stereocenters. The Balaban J connectivity index is 2.06. The van der Waals surface area contributed by atoms with Crippen LogP contribution in [0.25, 0.3) is 5.69 Å². The summed E-state index contributed by atoms with van der Waals surface area (Å²) in [5, 5.41) is 15.4. The van der Waals surface area contributed by atoms with Gasteiger partial charge in [-0.1, -0.05) is 0 Å². The van der Waals surface area contributed by atoms with Crippen molar-refractivity contribution in [3.63, 3.8) is 0 Å². The molecule has 0 spiro atoms.